The number of carbonyl (C=O) groups is 1. The van der Waals surface area contributed by atoms with E-state index in [2.05, 4.69) is 13.8 Å². The van der Waals surface area contributed by atoms with Gasteiger partial charge in [-0.25, -0.2) is 8.42 Å². The zero-order chi connectivity index (χ0) is 21.0. The van der Waals surface area contributed by atoms with Crippen LogP contribution in [0.1, 0.15) is 20.3 Å². The Kier molecular flexibility index (Phi) is 6.47. The predicted molar refractivity (Wildman–Crippen MR) is 113 cm³/mol. The van der Waals surface area contributed by atoms with Crippen molar-refractivity contribution in [1.29, 1.82) is 0 Å². The summed E-state index contributed by atoms with van der Waals surface area (Å²) in [7, 11) is -2.34. The van der Waals surface area contributed by atoms with Crippen molar-refractivity contribution in [2.75, 3.05) is 31.0 Å². The van der Waals surface area contributed by atoms with E-state index >= 15 is 0 Å². The number of nitrogens with zero attached hydrogens (tertiary/aromatic N) is 2. The molecule has 0 aliphatic carbocycles. The van der Waals surface area contributed by atoms with E-state index in [0.29, 0.717) is 36.4 Å². The topological polar surface area (TPSA) is 66.9 Å². The van der Waals surface area contributed by atoms with Gasteiger partial charge in [0, 0.05) is 13.1 Å². The maximum absolute atomic E-state index is 13.4. The first-order valence-corrected chi connectivity index (χ1v) is 11.2. The second-order valence-corrected chi connectivity index (χ2v) is 9.63. The van der Waals surface area contributed by atoms with E-state index < -0.39 is 10.0 Å². The Labute approximate surface area is 173 Å². The summed E-state index contributed by atoms with van der Waals surface area (Å²) in [6.07, 6.45) is 1.08. The van der Waals surface area contributed by atoms with Gasteiger partial charge in [-0.1, -0.05) is 32.0 Å². The van der Waals surface area contributed by atoms with E-state index in [9.17, 15) is 13.2 Å². The van der Waals surface area contributed by atoms with Gasteiger partial charge < -0.3 is 9.64 Å². The standard InChI is InChI=1S/C22H28N2O4S/c1-17-13-18(2)15-23(14-17)22(25)16-24(19-9-11-20(28-3)12-10-19)29(26,27)21-7-5-4-6-8-21/h4-12,17-18H,13-16H2,1-3H3. The molecule has 2 atom stereocenters. The molecule has 1 heterocycles. The fraction of sp³-hybridized carbons (Fsp3) is 0.409. The number of likely N-dealkylation sites (tertiary alicyclic amines) is 1. The average Bonchev–Trinajstić information content (AvgIpc) is 2.71. The molecule has 1 fully saturated rings. The van der Waals surface area contributed by atoms with Crippen molar-refractivity contribution in [3.05, 3.63) is 54.6 Å². The minimum Gasteiger partial charge on any atom is -0.497 e. The number of hydrogen-bond donors (Lipinski definition) is 0. The van der Waals surface area contributed by atoms with E-state index in [0.717, 1.165) is 6.42 Å². The number of benzene rings is 2. The summed E-state index contributed by atoms with van der Waals surface area (Å²) in [4.78, 5) is 15.0. The molecule has 1 aliphatic heterocycles. The molecular formula is C22H28N2O4S. The number of anilines is 1. The number of amides is 1. The van der Waals surface area contributed by atoms with Gasteiger partial charge in [0.05, 0.1) is 17.7 Å². The highest BCUT2D eigenvalue weighted by Crippen LogP contribution is 2.27. The molecule has 1 aliphatic rings. The van der Waals surface area contributed by atoms with Gasteiger partial charge in [0.1, 0.15) is 12.3 Å². The highest BCUT2D eigenvalue weighted by atomic mass is 32.2. The lowest BCUT2D eigenvalue weighted by Gasteiger charge is -2.36. The van der Waals surface area contributed by atoms with Crippen LogP contribution in [0.15, 0.2) is 59.5 Å². The van der Waals surface area contributed by atoms with Crippen LogP contribution in [0, 0.1) is 11.8 Å². The van der Waals surface area contributed by atoms with Crippen molar-refractivity contribution < 1.29 is 17.9 Å². The van der Waals surface area contributed by atoms with Gasteiger partial charge in [-0.2, -0.15) is 0 Å². The van der Waals surface area contributed by atoms with Crippen LogP contribution < -0.4 is 9.04 Å². The van der Waals surface area contributed by atoms with Crippen molar-refractivity contribution in [2.45, 2.75) is 25.2 Å². The Hall–Kier alpha value is -2.54. The number of rotatable bonds is 6. The molecule has 7 heteroatoms. The van der Waals surface area contributed by atoms with Crippen LogP contribution in [0.5, 0.6) is 5.75 Å². The summed E-state index contributed by atoms with van der Waals surface area (Å²) in [5, 5.41) is 0. The van der Waals surface area contributed by atoms with Crippen LogP contribution in [-0.2, 0) is 14.8 Å². The molecule has 156 valence electrons. The normalized spacial score (nSPS) is 19.6. The minimum atomic E-state index is -3.89. The molecule has 1 saturated heterocycles. The molecule has 6 nitrogen and oxygen atoms in total. The molecule has 0 saturated carbocycles. The Bertz CT molecular complexity index is 919. The lowest BCUT2D eigenvalue weighted by atomic mass is 9.92. The lowest BCUT2D eigenvalue weighted by Crippen LogP contribution is -2.48. The van der Waals surface area contributed by atoms with Crippen molar-refractivity contribution in [3.63, 3.8) is 0 Å². The smallest absolute Gasteiger partial charge is 0.264 e. The van der Waals surface area contributed by atoms with Gasteiger partial charge in [-0.3, -0.25) is 9.10 Å². The Morgan fingerprint density at radius 1 is 1.03 bits per heavy atom. The Morgan fingerprint density at radius 3 is 2.17 bits per heavy atom. The first-order valence-electron chi connectivity index (χ1n) is 9.81. The molecule has 0 aromatic heterocycles. The molecule has 0 N–H and O–H groups in total. The molecule has 29 heavy (non-hydrogen) atoms. The highest BCUT2D eigenvalue weighted by molar-refractivity contribution is 7.92. The quantitative estimate of drug-likeness (QED) is 0.724. The molecule has 0 radical (unpaired) electrons. The van der Waals surface area contributed by atoms with Crippen LogP contribution in [0.2, 0.25) is 0 Å². The van der Waals surface area contributed by atoms with Crippen molar-refractivity contribution in [2.24, 2.45) is 11.8 Å². The third-order valence-electron chi connectivity index (χ3n) is 5.19. The van der Waals surface area contributed by atoms with E-state index in [1.54, 1.807) is 66.6 Å². The number of ether oxygens (including phenoxy) is 1. The number of methoxy groups -OCH3 is 1. The van der Waals surface area contributed by atoms with Gasteiger partial charge in [-0.05, 0) is 54.7 Å². The SMILES string of the molecule is COc1ccc(N(CC(=O)N2CC(C)CC(C)C2)S(=O)(=O)c2ccccc2)cc1. The molecule has 2 aromatic carbocycles. The molecule has 2 aromatic rings. The van der Waals surface area contributed by atoms with E-state index in [-0.39, 0.29) is 17.3 Å². The van der Waals surface area contributed by atoms with Gasteiger partial charge in [0.25, 0.3) is 10.0 Å². The van der Waals surface area contributed by atoms with Crippen LogP contribution in [0.4, 0.5) is 5.69 Å². The number of sulfonamides is 1. The summed E-state index contributed by atoms with van der Waals surface area (Å²) in [5.74, 6) is 1.25. The third kappa shape index (κ3) is 4.90. The summed E-state index contributed by atoms with van der Waals surface area (Å²) in [6.45, 7) is 5.33. The second kappa shape index (κ2) is 8.86. The first-order chi connectivity index (χ1) is 13.8. The van der Waals surface area contributed by atoms with Crippen LogP contribution >= 0.6 is 0 Å². The zero-order valence-corrected chi connectivity index (χ0v) is 17.9. The Balaban J connectivity index is 1.93. The van der Waals surface area contributed by atoms with Gasteiger partial charge in [0.2, 0.25) is 5.91 Å². The maximum Gasteiger partial charge on any atom is 0.264 e. The average molecular weight is 417 g/mol. The molecule has 3 rings (SSSR count). The van der Waals surface area contributed by atoms with Crippen molar-refractivity contribution >= 4 is 21.6 Å². The van der Waals surface area contributed by atoms with Crippen molar-refractivity contribution in [3.8, 4) is 5.75 Å². The molecular weight excluding hydrogens is 388 g/mol. The van der Waals surface area contributed by atoms with E-state index in [1.165, 1.54) is 4.31 Å². The fourth-order valence-electron chi connectivity index (χ4n) is 3.87. The third-order valence-corrected chi connectivity index (χ3v) is 6.98. The Morgan fingerprint density at radius 2 is 1.62 bits per heavy atom. The number of piperidine rings is 1. The molecule has 0 spiro atoms. The molecule has 1 amide bonds. The van der Waals surface area contributed by atoms with Gasteiger partial charge in [-0.15, -0.1) is 0 Å². The number of carbonyl (C=O) groups excluding carboxylic acids is 1. The summed E-state index contributed by atoms with van der Waals surface area (Å²) < 4.78 is 33.1. The summed E-state index contributed by atoms with van der Waals surface area (Å²) in [5.41, 5.74) is 0.432. The van der Waals surface area contributed by atoms with Crippen LogP contribution in [0.3, 0.4) is 0 Å². The summed E-state index contributed by atoms with van der Waals surface area (Å²) in [6, 6.07) is 14.9. The van der Waals surface area contributed by atoms with Crippen LogP contribution in [-0.4, -0.2) is 46.0 Å². The predicted octanol–water partition coefficient (Wildman–Crippen LogP) is 3.40. The summed E-state index contributed by atoms with van der Waals surface area (Å²) >= 11 is 0. The van der Waals surface area contributed by atoms with Gasteiger partial charge in [0.15, 0.2) is 0 Å². The first kappa shape index (κ1) is 21.2. The largest absolute Gasteiger partial charge is 0.497 e. The van der Waals surface area contributed by atoms with Crippen molar-refractivity contribution in [1.82, 2.24) is 4.90 Å². The van der Waals surface area contributed by atoms with Crippen LogP contribution in [0.25, 0.3) is 0 Å². The van der Waals surface area contributed by atoms with Gasteiger partial charge >= 0.3 is 0 Å². The van der Waals surface area contributed by atoms with E-state index in [1.807, 2.05) is 0 Å². The number of hydrogen-bond acceptors (Lipinski definition) is 4. The van der Waals surface area contributed by atoms with E-state index in [4.69, 9.17) is 4.74 Å². The minimum absolute atomic E-state index is 0.156. The maximum atomic E-state index is 13.4. The molecule has 2 unspecified atom stereocenters. The second-order valence-electron chi connectivity index (χ2n) is 7.77. The fourth-order valence-corrected chi connectivity index (χ4v) is 5.31. The molecule has 0 bridgehead atoms. The lowest BCUT2D eigenvalue weighted by molar-refractivity contribution is -0.132. The zero-order valence-electron chi connectivity index (χ0n) is 17.1. The highest BCUT2D eigenvalue weighted by Gasteiger charge is 2.31. The monoisotopic (exact) mass is 416 g/mol.